The molecule has 1 amide bonds. The maximum Gasteiger partial charge on any atom is 0.407 e. The van der Waals surface area contributed by atoms with Gasteiger partial charge in [-0.3, -0.25) is 0 Å². The highest BCUT2D eigenvalue weighted by Gasteiger charge is 2.45. The SMILES string of the molecule is NC[C@@H]1[C@H]2CCC[C@H]2CN1C(=O)O. The van der Waals surface area contributed by atoms with Crippen molar-refractivity contribution in [3.8, 4) is 0 Å². The Morgan fingerprint density at radius 1 is 1.54 bits per heavy atom. The number of fused-ring (bicyclic) bond motifs is 1. The Labute approximate surface area is 77.7 Å². The van der Waals surface area contributed by atoms with Gasteiger partial charge in [-0.1, -0.05) is 6.42 Å². The van der Waals surface area contributed by atoms with Crippen molar-refractivity contribution >= 4 is 6.09 Å². The lowest BCUT2D eigenvalue weighted by Crippen LogP contribution is -2.41. The minimum absolute atomic E-state index is 0.0880. The minimum atomic E-state index is -0.801. The second-order valence-electron chi connectivity index (χ2n) is 4.09. The molecule has 2 aliphatic rings. The van der Waals surface area contributed by atoms with E-state index in [0.29, 0.717) is 24.9 Å². The van der Waals surface area contributed by atoms with Crippen molar-refractivity contribution in [2.45, 2.75) is 25.3 Å². The minimum Gasteiger partial charge on any atom is -0.465 e. The van der Waals surface area contributed by atoms with Crippen LogP contribution in [0.5, 0.6) is 0 Å². The zero-order valence-corrected chi connectivity index (χ0v) is 7.65. The quantitative estimate of drug-likeness (QED) is 0.631. The normalized spacial score (nSPS) is 37.9. The smallest absolute Gasteiger partial charge is 0.407 e. The van der Waals surface area contributed by atoms with Crippen LogP contribution in [0.15, 0.2) is 0 Å². The monoisotopic (exact) mass is 184 g/mol. The topological polar surface area (TPSA) is 66.6 Å². The van der Waals surface area contributed by atoms with Crippen LogP contribution in [0.25, 0.3) is 0 Å². The van der Waals surface area contributed by atoms with E-state index < -0.39 is 6.09 Å². The first-order valence-corrected chi connectivity index (χ1v) is 4.93. The molecule has 3 N–H and O–H groups in total. The van der Waals surface area contributed by atoms with Gasteiger partial charge < -0.3 is 15.7 Å². The second-order valence-corrected chi connectivity index (χ2v) is 4.09. The molecule has 0 bridgehead atoms. The first-order chi connectivity index (χ1) is 6.24. The van der Waals surface area contributed by atoms with Gasteiger partial charge in [0.05, 0.1) is 6.04 Å². The Balaban J connectivity index is 2.12. The third-order valence-corrected chi connectivity index (χ3v) is 3.53. The van der Waals surface area contributed by atoms with Crippen LogP contribution in [0.1, 0.15) is 19.3 Å². The van der Waals surface area contributed by atoms with Crippen LogP contribution < -0.4 is 5.73 Å². The summed E-state index contributed by atoms with van der Waals surface area (Å²) >= 11 is 0. The second kappa shape index (κ2) is 3.18. The third kappa shape index (κ3) is 1.29. The maximum absolute atomic E-state index is 10.9. The van der Waals surface area contributed by atoms with Gasteiger partial charge in [-0.05, 0) is 24.7 Å². The van der Waals surface area contributed by atoms with Crippen molar-refractivity contribution < 1.29 is 9.90 Å². The molecule has 74 valence electrons. The Morgan fingerprint density at radius 3 is 2.92 bits per heavy atom. The Hall–Kier alpha value is -0.770. The number of amides is 1. The van der Waals surface area contributed by atoms with Crippen molar-refractivity contribution in [1.29, 1.82) is 0 Å². The fourth-order valence-corrected chi connectivity index (χ4v) is 2.94. The molecule has 0 aromatic heterocycles. The number of hydrogen-bond donors (Lipinski definition) is 2. The number of nitrogens with zero attached hydrogens (tertiary/aromatic N) is 1. The summed E-state index contributed by atoms with van der Waals surface area (Å²) in [5.41, 5.74) is 5.61. The number of carboxylic acid groups (broad SMARTS) is 1. The number of hydrogen-bond acceptors (Lipinski definition) is 2. The number of carbonyl (C=O) groups is 1. The summed E-state index contributed by atoms with van der Waals surface area (Å²) in [5, 5.41) is 8.94. The number of nitrogens with two attached hydrogens (primary N) is 1. The molecule has 1 aliphatic carbocycles. The molecule has 1 aliphatic heterocycles. The van der Waals surface area contributed by atoms with Gasteiger partial charge in [0.15, 0.2) is 0 Å². The van der Waals surface area contributed by atoms with E-state index in [0.717, 1.165) is 6.42 Å². The highest BCUT2D eigenvalue weighted by Crippen LogP contribution is 2.41. The molecule has 0 unspecified atom stereocenters. The van der Waals surface area contributed by atoms with E-state index in [4.69, 9.17) is 10.8 Å². The number of rotatable bonds is 1. The van der Waals surface area contributed by atoms with Gasteiger partial charge in [0.25, 0.3) is 0 Å². The lowest BCUT2D eigenvalue weighted by atomic mass is 9.94. The molecule has 4 heteroatoms. The van der Waals surface area contributed by atoms with Crippen LogP contribution in [0.4, 0.5) is 4.79 Å². The van der Waals surface area contributed by atoms with E-state index >= 15 is 0 Å². The summed E-state index contributed by atoms with van der Waals surface area (Å²) in [6.07, 6.45) is 2.80. The van der Waals surface area contributed by atoms with Gasteiger partial charge in [0.2, 0.25) is 0 Å². The molecule has 0 aromatic rings. The molecule has 1 saturated carbocycles. The molecule has 13 heavy (non-hydrogen) atoms. The fraction of sp³-hybridized carbons (Fsp3) is 0.889. The first-order valence-electron chi connectivity index (χ1n) is 4.93. The largest absolute Gasteiger partial charge is 0.465 e. The predicted molar refractivity (Wildman–Crippen MR) is 48.4 cm³/mol. The van der Waals surface area contributed by atoms with E-state index in [1.807, 2.05) is 0 Å². The van der Waals surface area contributed by atoms with E-state index in [-0.39, 0.29) is 6.04 Å². The van der Waals surface area contributed by atoms with Crippen LogP contribution in [0, 0.1) is 11.8 Å². The Morgan fingerprint density at radius 2 is 2.31 bits per heavy atom. The molecule has 3 atom stereocenters. The summed E-state index contributed by atoms with van der Waals surface area (Å²) in [5.74, 6) is 1.13. The standard InChI is InChI=1S/C9H16N2O2/c10-4-8-7-3-1-2-6(7)5-11(8)9(12)13/h6-8H,1-5,10H2,(H,12,13)/t6-,7-,8+/m0/s1. The van der Waals surface area contributed by atoms with E-state index in [1.165, 1.54) is 17.7 Å². The van der Waals surface area contributed by atoms with E-state index in [1.54, 1.807) is 0 Å². The highest BCUT2D eigenvalue weighted by atomic mass is 16.4. The molecule has 0 aromatic carbocycles. The van der Waals surface area contributed by atoms with Crippen molar-refractivity contribution in [2.75, 3.05) is 13.1 Å². The summed E-state index contributed by atoms with van der Waals surface area (Å²) in [4.78, 5) is 12.4. The van der Waals surface area contributed by atoms with Crippen molar-refractivity contribution in [3.63, 3.8) is 0 Å². The zero-order chi connectivity index (χ0) is 9.42. The zero-order valence-electron chi connectivity index (χ0n) is 7.65. The molecule has 2 fully saturated rings. The lowest BCUT2D eigenvalue weighted by molar-refractivity contribution is 0.134. The molecular weight excluding hydrogens is 168 g/mol. The summed E-state index contributed by atoms with van der Waals surface area (Å²) in [6, 6.07) is 0.0880. The molecule has 0 spiro atoms. The van der Waals surface area contributed by atoms with Gasteiger partial charge in [0.1, 0.15) is 0 Å². The van der Waals surface area contributed by atoms with Crippen LogP contribution in [0.2, 0.25) is 0 Å². The molecule has 1 saturated heterocycles. The van der Waals surface area contributed by atoms with Crippen LogP contribution in [-0.4, -0.2) is 35.2 Å². The lowest BCUT2D eigenvalue weighted by Gasteiger charge is -2.23. The Bertz CT molecular complexity index is 220. The predicted octanol–water partition coefficient (Wildman–Crippen LogP) is 0.724. The molecule has 0 radical (unpaired) electrons. The van der Waals surface area contributed by atoms with Gasteiger partial charge in [0, 0.05) is 13.1 Å². The van der Waals surface area contributed by atoms with Crippen LogP contribution >= 0.6 is 0 Å². The van der Waals surface area contributed by atoms with Gasteiger partial charge in [-0.15, -0.1) is 0 Å². The average molecular weight is 184 g/mol. The van der Waals surface area contributed by atoms with Gasteiger partial charge in [-0.2, -0.15) is 0 Å². The van der Waals surface area contributed by atoms with Gasteiger partial charge >= 0.3 is 6.09 Å². The average Bonchev–Trinajstić information content (AvgIpc) is 2.60. The summed E-state index contributed by atoms with van der Waals surface area (Å²) in [6.45, 7) is 1.19. The molecular formula is C9H16N2O2. The van der Waals surface area contributed by atoms with Crippen LogP contribution in [-0.2, 0) is 0 Å². The van der Waals surface area contributed by atoms with Crippen molar-refractivity contribution in [1.82, 2.24) is 4.90 Å². The molecule has 2 rings (SSSR count). The maximum atomic E-state index is 10.9. The molecule has 1 heterocycles. The van der Waals surface area contributed by atoms with Crippen LogP contribution in [0.3, 0.4) is 0 Å². The molecule has 4 nitrogen and oxygen atoms in total. The van der Waals surface area contributed by atoms with Crippen molar-refractivity contribution in [2.24, 2.45) is 17.6 Å². The number of likely N-dealkylation sites (tertiary alicyclic amines) is 1. The first kappa shape index (κ1) is 8.81. The fourth-order valence-electron chi connectivity index (χ4n) is 2.94. The summed E-state index contributed by atoms with van der Waals surface area (Å²) < 4.78 is 0. The third-order valence-electron chi connectivity index (χ3n) is 3.53. The Kier molecular flexibility index (Phi) is 2.15. The highest BCUT2D eigenvalue weighted by molar-refractivity contribution is 5.66. The van der Waals surface area contributed by atoms with E-state index in [2.05, 4.69) is 0 Å². The van der Waals surface area contributed by atoms with E-state index in [9.17, 15) is 4.79 Å². The summed E-state index contributed by atoms with van der Waals surface area (Å²) in [7, 11) is 0. The van der Waals surface area contributed by atoms with Crippen molar-refractivity contribution in [3.05, 3.63) is 0 Å². The van der Waals surface area contributed by atoms with Gasteiger partial charge in [-0.25, -0.2) is 4.79 Å².